The van der Waals surface area contributed by atoms with Crippen LogP contribution < -0.4 is 9.47 Å². The Kier molecular flexibility index (Phi) is 5.51. The molecule has 1 aromatic carbocycles. The molecule has 1 fully saturated rings. The highest BCUT2D eigenvalue weighted by Crippen LogP contribution is 2.47. The van der Waals surface area contributed by atoms with E-state index in [1.807, 2.05) is 6.07 Å². The minimum absolute atomic E-state index is 0.0412. The number of nitrogens with zero attached hydrogens (tertiary/aromatic N) is 2. The second-order valence-electron chi connectivity index (χ2n) is 9.56. The fourth-order valence-corrected chi connectivity index (χ4v) is 5.45. The Labute approximate surface area is 194 Å². The van der Waals surface area contributed by atoms with Gasteiger partial charge in [0.2, 0.25) is 12.7 Å². The quantitative estimate of drug-likeness (QED) is 0.481. The maximum Gasteiger partial charge on any atom is 0.333 e. The first-order valence-electron chi connectivity index (χ1n) is 11.8. The van der Waals surface area contributed by atoms with Crippen LogP contribution in [-0.4, -0.2) is 73.4 Å². The molecule has 3 heterocycles. The number of methoxy groups -OCH3 is 1. The van der Waals surface area contributed by atoms with E-state index in [4.69, 9.17) is 18.9 Å². The molecule has 5 rings (SSSR count). The molecular formula is C25H32N2O6. The first kappa shape index (κ1) is 22.1. The number of fused-ring (bicyclic) bond motifs is 4. The third-order valence-corrected chi connectivity index (χ3v) is 7.71. The summed E-state index contributed by atoms with van der Waals surface area (Å²) in [4.78, 5) is 29.1. The lowest BCUT2D eigenvalue weighted by Crippen LogP contribution is -2.65. The van der Waals surface area contributed by atoms with Gasteiger partial charge < -0.3 is 23.8 Å². The lowest BCUT2D eigenvalue weighted by atomic mass is 9.85. The van der Waals surface area contributed by atoms with E-state index in [1.54, 1.807) is 21.1 Å². The van der Waals surface area contributed by atoms with Crippen molar-refractivity contribution in [3.63, 3.8) is 0 Å². The Morgan fingerprint density at radius 3 is 2.70 bits per heavy atom. The van der Waals surface area contributed by atoms with Gasteiger partial charge in [-0.1, -0.05) is 13.3 Å². The molecule has 0 spiro atoms. The van der Waals surface area contributed by atoms with Crippen LogP contribution in [0.2, 0.25) is 0 Å². The van der Waals surface area contributed by atoms with E-state index >= 15 is 0 Å². The summed E-state index contributed by atoms with van der Waals surface area (Å²) in [6.07, 6.45) is 4.77. The Bertz CT molecular complexity index is 1010. The van der Waals surface area contributed by atoms with Gasteiger partial charge in [0, 0.05) is 25.6 Å². The molecule has 0 aromatic heterocycles. The third kappa shape index (κ3) is 3.46. The van der Waals surface area contributed by atoms with Crippen molar-refractivity contribution in [1.29, 1.82) is 0 Å². The molecule has 1 amide bonds. The van der Waals surface area contributed by atoms with Gasteiger partial charge in [-0.2, -0.15) is 0 Å². The van der Waals surface area contributed by atoms with Crippen LogP contribution in [-0.2, 0) is 25.5 Å². The van der Waals surface area contributed by atoms with E-state index in [-0.39, 0.29) is 31.1 Å². The highest BCUT2D eigenvalue weighted by molar-refractivity contribution is 5.98. The molecule has 178 valence electrons. The number of carbonyl (C=O) groups excluding carboxylic acids is 2. The van der Waals surface area contributed by atoms with E-state index in [0.717, 1.165) is 49.4 Å². The summed E-state index contributed by atoms with van der Waals surface area (Å²) in [5.74, 6) is 1.56. The van der Waals surface area contributed by atoms with Gasteiger partial charge in [0.05, 0.1) is 13.5 Å². The number of amides is 1. The second kappa shape index (κ2) is 8.24. The Morgan fingerprint density at radius 1 is 1.27 bits per heavy atom. The smallest absolute Gasteiger partial charge is 0.333 e. The van der Waals surface area contributed by atoms with Crippen LogP contribution >= 0.6 is 0 Å². The van der Waals surface area contributed by atoms with Gasteiger partial charge in [-0.25, -0.2) is 4.79 Å². The second-order valence-corrected chi connectivity index (χ2v) is 9.56. The SMILES string of the molecule is CCCCN1CCc2cc3c(cc2[C@@H]2[C@H](OC(=O)[C@@]4(C)CC(=O)N4C)C(OC)=C[C@@H]21)OCO3. The van der Waals surface area contributed by atoms with Crippen molar-refractivity contribution in [2.45, 2.75) is 63.1 Å². The number of hydrogen-bond acceptors (Lipinski definition) is 7. The summed E-state index contributed by atoms with van der Waals surface area (Å²) in [7, 11) is 3.27. The number of likely N-dealkylation sites (N-methyl/N-ethyl adjacent to an activating group) is 1. The normalized spacial score (nSPS) is 30.2. The predicted octanol–water partition coefficient (Wildman–Crippen LogP) is 2.60. The van der Waals surface area contributed by atoms with E-state index in [2.05, 4.69) is 24.0 Å². The number of unbranched alkanes of at least 4 members (excludes halogenated alkanes) is 1. The van der Waals surface area contributed by atoms with E-state index in [0.29, 0.717) is 5.76 Å². The summed E-state index contributed by atoms with van der Waals surface area (Å²) in [5, 5.41) is 0. The van der Waals surface area contributed by atoms with Crippen LogP contribution in [0.3, 0.4) is 0 Å². The molecule has 4 aliphatic rings. The van der Waals surface area contributed by atoms with Gasteiger partial charge in [0.15, 0.2) is 17.6 Å². The maximum absolute atomic E-state index is 13.3. The molecule has 1 aromatic rings. The molecule has 4 atom stereocenters. The van der Waals surface area contributed by atoms with Gasteiger partial charge in [-0.05, 0) is 55.6 Å². The highest BCUT2D eigenvalue weighted by Gasteiger charge is 2.55. The number of β-lactam (4-membered cyclic amide) rings is 1. The first-order valence-corrected chi connectivity index (χ1v) is 11.8. The maximum atomic E-state index is 13.3. The van der Waals surface area contributed by atoms with Gasteiger partial charge in [-0.3, -0.25) is 9.69 Å². The first-order chi connectivity index (χ1) is 15.9. The molecule has 33 heavy (non-hydrogen) atoms. The van der Waals surface area contributed by atoms with Crippen molar-refractivity contribution in [1.82, 2.24) is 9.80 Å². The Hall–Kier alpha value is -2.74. The van der Waals surface area contributed by atoms with Crippen LogP contribution in [0, 0.1) is 0 Å². The zero-order chi connectivity index (χ0) is 23.3. The van der Waals surface area contributed by atoms with Gasteiger partial charge in [0.1, 0.15) is 11.3 Å². The van der Waals surface area contributed by atoms with Crippen molar-refractivity contribution in [3.8, 4) is 11.5 Å². The van der Waals surface area contributed by atoms with Crippen LogP contribution in [0.15, 0.2) is 24.0 Å². The number of carbonyl (C=O) groups is 2. The largest absolute Gasteiger partial charge is 0.497 e. The lowest BCUT2D eigenvalue weighted by molar-refractivity contribution is -0.179. The van der Waals surface area contributed by atoms with E-state index in [9.17, 15) is 9.59 Å². The van der Waals surface area contributed by atoms with E-state index < -0.39 is 17.6 Å². The highest BCUT2D eigenvalue weighted by atomic mass is 16.7. The number of esters is 1. The van der Waals surface area contributed by atoms with Crippen molar-refractivity contribution < 1.29 is 28.5 Å². The molecule has 0 bridgehead atoms. The van der Waals surface area contributed by atoms with Crippen molar-refractivity contribution >= 4 is 11.9 Å². The fourth-order valence-electron chi connectivity index (χ4n) is 5.45. The molecule has 3 aliphatic heterocycles. The molecule has 0 saturated carbocycles. The average Bonchev–Trinajstić information content (AvgIpc) is 3.38. The lowest BCUT2D eigenvalue weighted by Gasteiger charge is -2.45. The molecule has 8 heteroatoms. The van der Waals surface area contributed by atoms with Gasteiger partial charge >= 0.3 is 5.97 Å². The van der Waals surface area contributed by atoms with Crippen molar-refractivity contribution in [3.05, 3.63) is 35.1 Å². The van der Waals surface area contributed by atoms with Gasteiger partial charge in [0.25, 0.3) is 0 Å². The summed E-state index contributed by atoms with van der Waals surface area (Å²) < 4.78 is 23.2. The number of ether oxygens (including phenoxy) is 4. The van der Waals surface area contributed by atoms with E-state index in [1.165, 1.54) is 10.5 Å². The summed E-state index contributed by atoms with van der Waals surface area (Å²) >= 11 is 0. The van der Waals surface area contributed by atoms with Crippen LogP contribution in [0.1, 0.15) is 50.2 Å². The van der Waals surface area contributed by atoms with Crippen molar-refractivity contribution in [2.24, 2.45) is 0 Å². The Balaban J connectivity index is 1.52. The predicted molar refractivity (Wildman–Crippen MR) is 120 cm³/mol. The average molecular weight is 457 g/mol. The molecule has 0 radical (unpaired) electrons. The molecule has 1 saturated heterocycles. The molecule has 0 unspecified atom stereocenters. The number of hydrogen-bond donors (Lipinski definition) is 0. The van der Waals surface area contributed by atoms with Crippen molar-refractivity contribution in [2.75, 3.05) is 34.0 Å². The zero-order valence-electron chi connectivity index (χ0n) is 19.8. The summed E-state index contributed by atoms with van der Waals surface area (Å²) in [6, 6.07) is 4.16. The zero-order valence-corrected chi connectivity index (χ0v) is 19.8. The minimum Gasteiger partial charge on any atom is -0.497 e. The number of likely N-dealkylation sites (tertiary alicyclic amines) is 1. The molecular weight excluding hydrogens is 424 g/mol. The Morgan fingerprint density at radius 2 is 2.03 bits per heavy atom. The van der Waals surface area contributed by atoms with Gasteiger partial charge in [-0.15, -0.1) is 0 Å². The molecule has 8 nitrogen and oxygen atoms in total. The van der Waals surface area contributed by atoms with Crippen LogP contribution in [0.25, 0.3) is 0 Å². The monoisotopic (exact) mass is 456 g/mol. The molecule has 1 aliphatic carbocycles. The number of rotatable bonds is 6. The molecule has 0 N–H and O–H groups in total. The summed E-state index contributed by atoms with van der Waals surface area (Å²) in [5.41, 5.74) is 1.34. The van der Waals surface area contributed by atoms with Crippen LogP contribution in [0.4, 0.5) is 0 Å². The minimum atomic E-state index is -0.946. The fraction of sp³-hybridized carbons (Fsp3) is 0.600. The topological polar surface area (TPSA) is 77.5 Å². The number of benzene rings is 1. The summed E-state index contributed by atoms with van der Waals surface area (Å²) in [6.45, 7) is 6.02. The third-order valence-electron chi connectivity index (χ3n) is 7.71. The van der Waals surface area contributed by atoms with Crippen LogP contribution in [0.5, 0.6) is 11.5 Å². The standard InChI is InChI=1S/C25H32N2O6/c1-5-6-8-27-9-7-15-10-18-19(32-14-31-18)11-16(15)22-17(27)12-20(30-4)23(22)33-24(29)25(2)13-21(28)26(25)3/h10-12,17,22-23H,5-9,13-14H2,1-4H3/t17-,22-,23+,25+/m0/s1.